The first-order chi connectivity index (χ1) is 21.0. The number of carbonyl (C=O) groups excluding carboxylic acids is 2. The van der Waals surface area contributed by atoms with Gasteiger partial charge in [-0.25, -0.2) is 8.42 Å². The molecule has 0 saturated carbocycles. The molecule has 0 radical (unpaired) electrons. The average molecular weight is 612 g/mol. The molecular formula is C36H41N3O4S. The molecule has 0 aliphatic carbocycles. The van der Waals surface area contributed by atoms with Crippen LogP contribution in [0.3, 0.4) is 0 Å². The number of likely N-dealkylation sites (N-methyl/N-ethyl adjacent to an activating group) is 1. The van der Waals surface area contributed by atoms with Gasteiger partial charge in [0.1, 0.15) is 12.6 Å². The maximum atomic E-state index is 14.6. The molecule has 0 aliphatic rings. The highest BCUT2D eigenvalue weighted by atomic mass is 32.2. The number of hydrogen-bond acceptors (Lipinski definition) is 4. The Morgan fingerprint density at radius 2 is 1.41 bits per heavy atom. The maximum Gasteiger partial charge on any atom is 0.264 e. The van der Waals surface area contributed by atoms with Gasteiger partial charge in [0.15, 0.2) is 0 Å². The summed E-state index contributed by atoms with van der Waals surface area (Å²) < 4.78 is 29.7. The van der Waals surface area contributed by atoms with Crippen molar-refractivity contribution in [3.05, 3.63) is 130 Å². The van der Waals surface area contributed by atoms with Crippen LogP contribution in [0.25, 0.3) is 0 Å². The zero-order valence-corrected chi connectivity index (χ0v) is 26.9. The van der Waals surface area contributed by atoms with Crippen LogP contribution in [-0.4, -0.2) is 44.3 Å². The fourth-order valence-corrected chi connectivity index (χ4v) is 6.63. The summed E-state index contributed by atoms with van der Waals surface area (Å²) in [7, 11) is -4.15. The first-order valence-corrected chi connectivity index (χ1v) is 16.3. The monoisotopic (exact) mass is 611 g/mol. The number of anilines is 1. The van der Waals surface area contributed by atoms with Gasteiger partial charge in [0.05, 0.1) is 10.6 Å². The Morgan fingerprint density at radius 1 is 0.773 bits per heavy atom. The molecule has 0 bridgehead atoms. The van der Waals surface area contributed by atoms with E-state index in [9.17, 15) is 18.0 Å². The quantitative estimate of drug-likeness (QED) is 0.216. The lowest BCUT2D eigenvalue weighted by Crippen LogP contribution is -2.53. The van der Waals surface area contributed by atoms with Crippen molar-refractivity contribution in [2.24, 2.45) is 0 Å². The number of carbonyl (C=O) groups is 2. The van der Waals surface area contributed by atoms with Crippen molar-refractivity contribution < 1.29 is 18.0 Å². The van der Waals surface area contributed by atoms with Crippen molar-refractivity contribution in [3.8, 4) is 0 Å². The van der Waals surface area contributed by atoms with E-state index in [1.54, 1.807) is 30.3 Å². The Bertz CT molecular complexity index is 1700. The van der Waals surface area contributed by atoms with Gasteiger partial charge in [-0.15, -0.1) is 0 Å². The number of amides is 2. The summed E-state index contributed by atoms with van der Waals surface area (Å²) in [4.78, 5) is 29.8. The van der Waals surface area contributed by atoms with Crippen LogP contribution in [-0.2, 0) is 32.6 Å². The first-order valence-electron chi connectivity index (χ1n) is 14.8. The first kappa shape index (κ1) is 32.5. The Morgan fingerprint density at radius 3 is 2.07 bits per heavy atom. The van der Waals surface area contributed by atoms with Crippen LogP contribution in [0, 0.1) is 27.7 Å². The highest BCUT2D eigenvalue weighted by Gasteiger charge is 2.35. The molecule has 44 heavy (non-hydrogen) atoms. The highest BCUT2D eigenvalue weighted by molar-refractivity contribution is 7.92. The van der Waals surface area contributed by atoms with Crippen molar-refractivity contribution >= 4 is 27.5 Å². The molecule has 0 spiro atoms. The molecule has 4 aromatic rings. The van der Waals surface area contributed by atoms with Crippen LogP contribution in [0.4, 0.5) is 5.69 Å². The summed E-state index contributed by atoms with van der Waals surface area (Å²) >= 11 is 0. The summed E-state index contributed by atoms with van der Waals surface area (Å²) in [5.41, 5.74) is 5.67. The molecule has 4 aromatic carbocycles. The van der Waals surface area contributed by atoms with Crippen LogP contribution in [0.15, 0.2) is 102 Å². The minimum absolute atomic E-state index is 0.0896. The molecule has 0 aliphatic heterocycles. The smallest absolute Gasteiger partial charge is 0.264 e. The van der Waals surface area contributed by atoms with Crippen molar-refractivity contribution in [1.82, 2.24) is 10.2 Å². The minimum atomic E-state index is -4.15. The number of sulfonamides is 1. The van der Waals surface area contributed by atoms with E-state index in [4.69, 9.17) is 0 Å². The summed E-state index contributed by atoms with van der Waals surface area (Å²) in [6, 6.07) is 28.5. The van der Waals surface area contributed by atoms with E-state index in [0.717, 1.165) is 27.8 Å². The molecule has 1 atom stereocenters. The molecule has 1 unspecified atom stereocenters. The lowest BCUT2D eigenvalue weighted by molar-refractivity contribution is -0.140. The molecule has 4 rings (SSSR count). The van der Waals surface area contributed by atoms with Gasteiger partial charge in [0.2, 0.25) is 11.8 Å². The Kier molecular flexibility index (Phi) is 10.6. The summed E-state index contributed by atoms with van der Waals surface area (Å²) in [5, 5.41) is 2.90. The van der Waals surface area contributed by atoms with Gasteiger partial charge >= 0.3 is 0 Å². The second kappa shape index (κ2) is 14.4. The van der Waals surface area contributed by atoms with Crippen LogP contribution >= 0.6 is 0 Å². The van der Waals surface area contributed by atoms with Crippen molar-refractivity contribution in [2.75, 3.05) is 17.4 Å². The molecule has 230 valence electrons. The molecule has 1 N–H and O–H groups in total. The number of nitrogens with zero attached hydrogens (tertiary/aromatic N) is 2. The van der Waals surface area contributed by atoms with Crippen LogP contribution in [0.5, 0.6) is 0 Å². The molecule has 7 nitrogen and oxygen atoms in total. The molecule has 8 heteroatoms. The van der Waals surface area contributed by atoms with E-state index < -0.39 is 28.5 Å². The minimum Gasteiger partial charge on any atom is -0.355 e. The van der Waals surface area contributed by atoms with Gasteiger partial charge in [-0.2, -0.15) is 0 Å². The number of benzene rings is 4. The van der Waals surface area contributed by atoms with Gasteiger partial charge in [-0.05, 0) is 80.6 Å². The van der Waals surface area contributed by atoms with E-state index >= 15 is 0 Å². The molecule has 0 aromatic heterocycles. The Balaban J connectivity index is 1.83. The van der Waals surface area contributed by atoms with Gasteiger partial charge in [0.25, 0.3) is 10.0 Å². The predicted molar refractivity (Wildman–Crippen MR) is 176 cm³/mol. The number of aryl methyl sites for hydroxylation is 4. The third kappa shape index (κ3) is 7.74. The number of nitrogens with one attached hydrogen (secondary N) is 1. The van der Waals surface area contributed by atoms with Gasteiger partial charge < -0.3 is 10.2 Å². The van der Waals surface area contributed by atoms with E-state index in [2.05, 4.69) is 5.32 Å². The third-order valence-electron chi connectivity index (χ3n) is 7.75. The van der Waals surface area contributed by atoms with Gasteiger partial charge in [-0.1, -0.05) is 84.4 Å². The largest absolute Gasteiger partial charge is 0.355 e. The van der Waals surface area contributed by atoms with Crippen molar-refractivity contribution in [3.63, 3.8) is 0 Å². The topological polar surface area (TPSA) is 86.8 Å². The van der Waals surface area contributed by atoms with Crippen molar-refractivity contribution in [1.29, 1.82) is 0 Å². The number of hydrogen-bond donors (Lipinski definition) is 1. The highest BCUT2D eigenvalue weighted by Crippen LogP contribution is 2.29. The second-order valence-corrected chi connectivity index (χ2v) is 13.0. The average Bonchev–Trinajstić information content (AvgIpc) is 3.00. The number of rotatable bonds is 12. The third-order valence-corrected chi connectivity index (χ3v) is 9.52. The van der Waals surface area contributed by atoms with E-state index in [-0.39, 0.29) is 23.8 Å². The van der Waals surface area contributed by atoms with Crippen LogP contribution < -0.4 is 9.62 Å². The fourth-order valence-electron chi connectivity index (χ4n) is 5.16. The summed E-state index contributed by atoms with van der Waals surface area (Å²) in [5.74, 6) is -0.769. The SMILES string of the molecule is CCNC(=O)C(Cc1ccccc1)N(Cc1ccccc1C)C(=O)CN(c1cc(C)ccc1C)S(=O)(=O)c1ccc(C)cc1. The summed E-state index contributed by atoms with van der Waals surface area (Å²) in [6.07, 6.45) is 0.276. The summed E-state index contributed by atoms with van der Waals surface area (Å²) in [6.45, 7) is 9.46. The molecular weight excluding hydrogens is 570 g/mol. The molecule has 2 amide bonds. The maximum absolute atomic E-state index is 14.6. The lowest BCUT2D eigenvalue weighted by atomic mass is 10.0. The second-order valence-electron chi connectivity index (χ2n) is 11.2. The van der Waals surface area contributed by atoms with E-state index in [1.807, 2.05) is 101 Å². The van der Waals surface area contributed by atoms with E-state index in [0.29, 0.717) is 17.8 Å². The zero-order valence-electron chi connectivity index (χ0n) is 26.1. The van der Waals surface area contributed by atoms with E-state index in [1.165, 1.54) is 9.21 Å². The Hall–Kier alpha value is -4.43. The zero-order chi connectivity index (χ0) is 31.9. The predicted octanol–water partition coefficient (Wildman–Crippen LogP) is 5.89. The molecule has 0 fully saturated rings. The standard InChI is InChI=1S/C36H41N3O4S/c1-6-37-36(41)34(23-30-13-8-7-9-14-30)38(24-31-15-11-10-12-28(31)4)35(40)25-39(33-22-27(3)16-19-29(33)5)44(42,43)32-20-17-26(2)18-21-32/h7-22,34H,6,23-25H2,1-5H3,(H,37,41). The van der Waals surface area contributed by atoms with Crippen LogP contribution in [0.1, 0.15) is 40.3 Å². The molecule has 0 saturated heterocycles. The van der Waals surface area contributed by atoms with Crippen molar-refractivity contribution in [2.45, 2.75) is 58.5 Å². The van der Waals surface area contributed by atoms with Gasteiger partial charge in [0, 0.05) is 19.5 Å². The van der Waals surface area contributed by atoms with Crippen LogP contribution in [0.2, 0.25) is 0 Å². The van der Waals surface area contributed by atoms with Gasteiger partial charge in [-0.3, -0.25) is 13.9 Å². The lowest BCUT2D eigenvalue weighted by Gasteiger charge is -2.34. The Labute approximate surface area is 261 Å². The normalized spacial score (nSPS) is 11.9. The fraction of sp³-hybridized carbons (Fsp3) is 0.278. The molecule has 0 heterocycles.